The van der Waals surface area contributed by atoms with Crippen LogP contribution in [0.2, 0.25) is 0 Å². The molecular weight excluding hydrogens is 518 g/mol. The maximum Gasteiger partial charge on any atom is 0.295 e. The van der Waals surface area contributed by atoms with Gasteiger partial charge in [-0.15, -0.1) is 11.3 Å². The van der Waals surface area contributed by atoms with E-state index < -0.39 is 17.7 Å². The molecule has 0 spiro atoms. The van der Waals surface area contributed by atoms with Crippen LogP contribution in [0.5, 0.6) is 23.0 Å². The van der Waals surface area contributed by atoms with Crippen molar-refractivity contribution in [1.82, 2.24) is 4.90 Å². The fourth-order valence-corrected chi connectivity index (χ4v) is 5.51. The number of amides is 1. The van der Waals surface area contributed by atoms with Crippen LogP contribution < -0.4 is 18.9 Å². The first-order valence-corrected chi connectivity index (χ1v) is 13.5. The summed E-state index contributed by atoms with van der Waals surface area (Å²) in [7, 11) is 4.50. The smallest absolute Gasteiger partial charge is 0.295 e. The molecule has 2 heterocycles. The van der Waals surface area contributed by atoms with Gasteiger partial charge in [0.2, 0.25) is 5.75 Å². The molecule has 1 amide bonds. The number of hydrogen-bond donors (Lipinski definition) is 1. The molecule has 1 aliphatic rings. The minimum atomic E-state index is -0.894. The first-order valence-electron chi connectivity index (χ1n) is 12.6. The molecule has 1 saturated heterocycles. The van der Waals surface area contributed by atoms with Crippen LogP contribution in [0.1, 0.15) is 54.3 Å². The van der Waals surface area contributed by atoms with Crippen molar-refractivity contribution in [2.24, 2.45) is 0 Å². The average Bonchev–Trinajstić information content (AvgIpc) is 3.54. The highest BCUT2D eigenvalue weighted by Gasteiger charge is 2.46. The molecule has 39 heavy (non-hydrogen) atoms. The lowest BCUT2D eigenvalue weighted by Crippen LogP contribution is -2.29. The van der Waals surface area contributed by atoms with Gasteiger partial charge in [0.1, 0.15) is 11.5 Å². The lowest BCUT2D eigenvalue weighted by atomic mass is 9.92. The fourth-order valence-electron chi connectivity index (χ4n) is 4.81. The van der Waals surface area contributed by atoms with Crippen molar-refractivity contribution in [1.29, 1.82) is 0 Å². The van der Waals surface area contributed by atoms with E-state index in [0.717, 1.165) is 10.4 Å². The predicted octanol–water partition coefficient (Wildman–Crippen LogP) is 5.92. The quantitative estimate of drug-likeness (QED) is 0.190. The Hall–Kier alpha value is -3.98. The van der Waals surface area contributed by atoms with Gasteiger partial charge in [-0.2, -0.15) is 0 Å². The van der Waals surface area contributed by atoms with Crippen molar-refractivity contribution in [3.63, 3.8) is 0 Å². The minimum absolute atomic E-state index is 0.00954. The van der Waals surface area contributed by atoms with E-state index in [1.807, 2.05) is 44.4 Å². The molecule has 1 aromatic heterocycles. The van der Waals surface area contributed by atoms with Gasteiger partial charge < -0.3 is 29.0 Å². The van der Waals surface area contributed by atoms with Crippen molar-refractivity contribution >= 4 is 28.8 Å². The number of methoxy groups -OCH3 is 3. The van der Waals surface area contributed by atoms with E-state index in [1.165, 1.54) is 37.6 Å². The van der Waals surface area contributed by atoms with E-state index in [-0.39, 0.29) is 23.8 Å². The van der Waals surface area contributed by atoms with Crippen LogP contribution in [0.3, 0.4) is 0 Å². The molecule has 0 bridgehead atoms. The van der Waals surface area contributed by atoms with Crippen LogP contribution in [0.4, 0.5) is 0 Å². The molecule has 1 N–H and O–H groups in total. The summed E-state index contributed by atoms with van der Waals surface area (Å²) >= 11 is 1.48. The molecule has 1 fully saturated rings. The Morgan fingerprint density at radius 2 is 1.69 bits per heavy atom. The minimum Gasteiger partial charge on any atom is -0.507 e. The molecule has 4 rings (SSSR count). The Kier molecular flexibility index (Phi) is 8.50. The fraction of sp³-hybridized carbons (Fsp3) is 0.333. The number of Topliss-reactive ketones (excluding diaryl/α,β-unsaturated/α-hetero) is 1. The number of aliphatic hydroxyl groups is 1. The van der Waals surface area contributed by atoms with Gasteiger partial charge in [0, 0.05) is 10.4 Å². The molecular formula is C30H33NO7S. The summed E-state index contributed by atoms with van der Waals surface area (Å²) in [5.74, 6) is 0.225. The largest absolute Gasteiger partial charge is 0.507 e. The molecule has 8 nitrogen and oxygen atoms in total. The van der Waals surface area contributed by atoms with Gasteiger partial charge in [-0.3, -0.25) is 9.59 Å². The van der Waals surface area contributed by atoms with E-state index >= 15 is 0 Å². The number of carbonyl (C=O) groups excluding carboxylic acids is 2. The molecule has 1 atom stereocenters. The van der Waals surface area contributed by atoms with E-state index in [9.17, 15) is 14.7 Å². The number of hydrogen-bond acceptors (Lipinski definition) is 8. The van der Waals surface area contributed by atoms with E-state index in [2.05, 4.69) is 0 Å². The topological polar surface area (TPSA) is 94.5 Å². The Bertz CT molecular complexity index is 1370. The van der Waals surface area contributed by atoms with Gasteiger partial charge in [-0.05, 0) is 65.7 Å². The average molecular weight is 552 g/mol. The third kappa shape index (κ3) is 5.31. The Balaban J connectivity index is 1.95. The first-order chi connectivity index (χ1) is 18.7. The zero-order valence-electron chi connectivity index (χ0n) is 22.9. The maximum atomic E-state index is 13.5. The van der Waals surface area contributed by atoms with Crippen molar-refractivity contribution in [3.8, 4) is 23.0 Å². The second kappa shape index (κ2) is 11.8. The third-order valence-electron chi connectivity index (χ3n) is 6.65. The van der Waals surface area contributed by atoms with Crippen LogP contribution >= 0.6 is 11.3 Å². The second-order valence-electron chi connectivity index (χ2n) is 9.31. The van der Waals surface area contributed by atoms with Gasteiger partial charge in [0.25, 0.3) is 11.7 Å². The molecule has 1 aliphatic heterocycles. The number of ketones is 1. The molecule has 3 aromatic rings. The highest BCUT2D eigenvalue weighted by molar-refractivity contribution is 7.09. The lowest BCUT2D eigenvalue weighted by Gasteiger charge is -2.26. The monoisotopic (exact) mass is 551 g/mol. The summed E-state index contributed by atoms with van der Waals surface area (Å²) in [6.45, 7) is 6.65. The summed E-state index contributed by atoms with van der Waals surface area (Å²) in [6.07, 6.45) is 0. The van der Waals surface area contributed by atoms with Gasteiger partial charge in [0.15, 0.2) is 11.5 Å². The van der Waals surface area contributed by atoms with Gasteiger partial charge in [-0.25, -0.2) is 0 Å². The van der Waals surface area contributed by atoms with Crippen LogP contribution in [0.25, 0.3) is 5.76 Å². The normalized spacial score (nSPS) is 16.6. The van der Waals surface area contributed by atoms with Gasteiger partial charge in [0.05, 0.1) is 46.1 Å². The SMILES string of the molecule is CCOc1ccc(/C(O)=C2\C(=O)C(=O)N(Cc3cccs3)C2c2cc(OC)c(OC)c(OC)c2)cc1C(C)C. The summed E-state index contributed by atoms with van der Waals surface area (Å²) in [4.78, 5) is 29.4. The zero-order chi connectivity index (χ0) is 28.3. The van der Waals surface area contributed by atoms with Crippen molar-refractivity contribution in [2.75, 3.05) is 27.9 Å². The summed E-state index contributed by atoms with van der Waals surface area (Å²) < 4.78 is 22.3. The molecule has 0 aliphatic carbocycles. The number of ether oxygens (including phenoxy) is 4. The van der Waals surface area contributed by atoms with Crippen molar-refractivity contribution in [2.45, 2.75) is 39.3 Å². The van der Waals surface area contributed by atoms with E-state index in [1.54, 1.807) is 24.3 Å². The summed E-state index contributed by atoms with van der Waals surface area (Å²) in [5, 5.41) is 13.5. The maximum absolute atomic E-state index is 13.5. The number of carbonyl (C=O) groups is 2. The van der Waals surface area contributed by atoms with Gasteiger partial charge >= 0.3 is 0 Å². The number of thiophene rings is 1. The number of rotatable bonds is 10. The molecule has 206 valence electrons. The number of aliphatic hydroxyl groups excluding tert-OH is 1. The number of likely N-dealkylation sites (tertiary alicyclic amines) is 1. The van der Waals surface area contributed by atoms with Crippen LogP contribution in [-0.2, 0) is 16.1 Å². The van der Waals surface area contributed by atoms with Gasteiger partial charge in [-0.1, -0.05) is 19.9 Å². The lowest BCUT2D eigenvalue weighted by molar-refractivity contribution is -0.140. The Labute approximate surface area is 232 Å². The first kappa shape index (κ1) is 28.0. The zero-order valence-corrected chi connectivity index (χ0v) is 23.8. The Morgan fingerprint density at radius 1 is 1.00 bits per heavy atom. The highest BCUT2D eigenvalue weighted by Crippen LogP contribution is 2.46. The molecule has 1 unspecified atom stereocenters. The van der Waals surface area contributed by atoms with Crippen molar-refractivity contribution in [3.05, 3.63) is 75.0 Å². The standard InChI is InChI=1S/C30H33NO7S/c1-7-38-22-11-10-18(13-21(22)17(2)3)27(32)25-26(19-14-23(35-4)29(37-6)24(15-19)36-5)31(30(34)28(25)33)16-20-9-8-12-39-20/h8-15,17,26,32H,7,16H2,1-6H3/b27-25+. The summed E-state index contributed by atoms with van der Waals surface area (Å²) in [6, 6.07) is 11.6. The second-order valence-corrected chi connectivity index (χ2v) is 10.3. The Morgan fingerprint density at radius 3 is 2.23 bits per heavy atom. The number of benzene rings is 2. The molecule has 0 saturated carbocycles. The van der Waals surface area contributed by atoms with Crippen molar-refractivity contribution < 1.29 is 33.6 Å². The molecule has 9 heteroatoms. The molecule has 2 aromatic carbocycles. The van der Waals surface area contributed by atoms with Crippen LogP contribution in [0.15, 0.2) is 53.4 Å². The summed E-state index contributed by atoms with van der Waals surface area (Å²) in [5.41, 5.74) is 1.84. The number of nitrogens with zero attached hydrogens (tertiary/aromatic N) is 1. The van der Waals surface area contributed by atoms with E-state index in [4.69, 9.17) is 18.9 Å². The van der Waals surface area contributed by atoms with E-state index in [0.29, 0.717) is 40.7 Å². The highest BCUT2D eigenvalue weighted by atomic mass is 32.1. The predicted molar refractivity (Wildman–Crippen MR) is 150 cm³/mol. The van der Waals surface area contributed by atoms with Crippen LogP contribution in [-0.4, -0.2) is 49.6 Å². The third-order valence-corrected chi connectivity index (χ3v) is 7.52. The van der Waals surface area contributed by atoms with Crippen LogP contribution in [0, 0.1) is 0 Å². The molecule has 0 radical (unpaired) electrons.